The number of hydrogen-bond acceptors (Lipinski definition) is 3. The first-order valence-corrected chi connectivity index (χ1v) is 10.6. The zero-order valence-corrected chi connectivity index (χ0v) is 18.2. The van der Waals surface area contributed by atoms with Gasteiger partial charge in [0.1, 0.15) is 5.75 Å². The predicted octanol–water partition coefficient (Wildman–Crippen LogP) is 7.43. The van der Waals surface area contributed by atoms with Crippen molar-refractivity contribution in [2.45, 2.75) is 13.8 Å². The number of carbonyl (C=O) groups is 1. The van der Waals surface area contributed by atoms with Gasteiger partial charge in [-0.15, -0.1) is 0 Å². The lowest BCUT2D eigenvalue weighted by Gasteiger charge is -2.17. The van der Waals surface area contributed by atoms with Gasteiger partial charge in [-0.2, -0.15) is 0 Å². The normalized spacial score (nSPS) is 11.1. The van der Waals surface area contributed by atoms with Gasteiger partial charge >= 0.3 is 0 Å². The van der Waals surface area contributed by atoms with E-state index in [0.29, 0.717) is 17.0 Å². The minimum atomic E-state index is -0.0647. The molecule has 0 saturated heterocycles. The Morgan fingerprint density at radius 1 is 0.688 bits per heavy atom. The molecule has 0 fully saturated rings. The summed E-state index contributed by atoms with van der Waals surface area (Å²) in [4.78, 5) is 12.9. The van der Waals surface area contributed by atoms with E-state index in [9.17, 15) is 4.79 Å². The molecule has 0 amide bonds. The van der Waals surface area contributed by atoms with Crippen molar-refractivity contribution in [3.05, 3.63) is 131 Å². The molecule has 0 aliphatic heterocycles. The summed E-state index contributed by atoms with van der Waals surface area (Å²) >= 11 is 0. The Labute approximate surface area is 189 Å². The number of para-hydroxylation sites is 3. The average Bonchev–Trinajstić information content (AvgIpc) is 2.83. The van der Waals surface area contributed by atoms with Crippen molar-refractivity contribution in [3.8, 4) is 11.5 Å². The van der Waals surface area contributed by atoms with Gasteiger partial charge in [-0.3, -0.25) is 4.79 Å². The van der Waals surface area contributed by atoms with Gasteiger partial charge in [-0.25, -0.2) is 0 Å². The van der Waals surface area contributed by atoms with E-state index in [1.807, 2.05) is 117 Å². The molecule has 0 atom stereocenters. The van der Waals surface area contributed by atoms with Crippen LogP contribution in [0, 0.1) is 13.8 Å². The van der Waals surface area contributed by atoms with E-state index < -0.39 is 0 Å². The molecule has 0 aromatic heterocycles. The van der Waals surface area contributed by atoms with Gasteiger partial charge in [0.05, 0.1) is 5.69 Å². The highest BCUT2D eigenvalue weighted by molar-refractivity contribution is 6.09. The van der Waals surface area contributed by atoms with Crippen molar-refractivity contribution in [1.82, 2.24) is 0 Å². The van der Waals surface area contributed by atoms with Crippen LogP contribution < -0.4 is 10.1 Å². The molecule has 4 aromatic rings. The summed E-state index contributed by atoms with van der Waals surface area (Å²) in [6.07, 6.45) is 1.64. The molecule has 3 nitrogen and oxygen atoms in total. The minimum Gasteiger partial charge on any atom is -0.455 e. The van der Waals surface area contributed by atoms with Gasteiger partial charge in [0.25, 0.3) is 0 Å². The summed E-state index contributed by atoms with van der Waals surface area (Å²) in [5.41, 5.74) is 5.18. The number of carbonyl (C=O) groups excluding carboxylic acids is 1. The second-order valence-electron chi connectivity index (χ2n) is 7.60. The van der Waals surface area contributed by atoms with Gasteiger partial charge in [0.15, 0.2) is 11.5 Å². The molecule has 1 N–H and O–H groups in total. The maximum absolute atomic E-state index is 12.9. The molecule has 3 heteroatoms. The van der Waals surface area contributed by atoms with E-state index in [-0.39, 0.29) is 5.78 Å². The molecule has 0 radical (unpaired) electrons. The first kappa shape index (κ1) is 21.1. The van der Waals surface area contributed by atoms with Crippen molar-refractivity contribution in [2.75, 3.05) is 5.32 Å². The molecule has 4 rings (SSSR count). The summed E-state index contributed by atoms with van der Waals surface area (Å²) in [5.74, 6) is 1.47. The average molecular weight is 420 g/mol. The van der Waals surface area contributed by atoms with E-state index >= 15 is 0 Å². The van der Waals surface area contributed by atoms with Gasteiger partial charge in [-0.05, 0) is 42.7 Å². The lowest BCUT2D eigenvalue weighted by atomic mass is 10.1. The molecule has 158 valence electrons. The van der Waals surface area contributed by atoms with Crippen molar-refractivity contribution in [2.24, 2.45) is 0 Å². The zero-order valence-electron chi connectivity index (χ0n) is 18.2. The van der Waals surface area contributed by atoms with Crippen LogP contribution in [0.5, 0.6) is 11.5 Å². The number of hydrogen-bond donors (Lipinski definition) is 1. The third kappa shape index (κ3) is 4.96. The Hall–Kier alpha value is -4.11. The van der Waals surface area contributed by atoms with Gasteiger partial charge in [0, 0.05) is 17.3 Å². The number of ketones is 1. The monoisotopic (exact) mass is 419 g/mol. The molecule has 0 aliphatic rings. The molecule has 0 heterocycles. The van der Waals surface area contributed by atoms with E-state index in [1.165, 1.54) is 0 Å². The van der Waals surface area contributed by atoms with Crippen molar-refractivity contribution in [1.29, 1.82) is 0 Å². The Kier molecular flexibility index (Phi) is 6.47. The van der Waals surface area contributed by atoms with E-state index in [2.05, 4.69) is 5.32 Å². The third-order valence-electron chi connectivity index (χ3n) is 5.20. The van der Waals surface area contributed by atoms with Crippen molar-refractivity contribution < 1.29 is 9.53 Å². The predicted molar refractivity (Wildman–Crippen MR) is 131 cm³/mol. The molecule has 0 unspecified atom stereocenters. The first-order valence-electron chi connectivity index (χ1n) is 10.6. The quantitative estimate of drug-likeness (QED) is 0.250. The summed E-state index contributed by atoms with van der Waals surface area (Å²) in [7, 11) is 0. The molecular weight excluding hydrogens is 394 g/mol. The fraction of sp³-hybridized carbons (Fsp3) is 0.0690. The summed E-state index contributed by atoms with van der Waals surface area (Å²) in [6, 6.07) is 32.9. The Morgan fingerprint density at radius 3 is 1.91 bits per heavy atom. The number of ether oxygens (including phenoxy) is 1. The summed E-state index contributed by atoms with van der Waals surface area (Å²) in [5, 5.41) is 3.44. The smallest absolute Gasteiger partial charge is 0.187 e. The van der Waals surface area contributed by atoms with Crippen LogP contribution in [0.1, 0.15) is 27.0 Å². The molecule has 0 bridgehead atoms. The van der Waals surface area contributed by atoms with Gasteiger partial charge < -0.3 is 10.1 Å². The fourth-order valence-corrected chi connectivity index (χ4v) is 3.50. The highest BCUT2D eigenvalue weighted by atomic mass is 16.5. The molecule has 0 saturated carbocycles. The number of rotatable bonds is 7. The maximum atomic E-state index is 12.9. The van der Waals surface area contributed by atoms with Crippen LogP contribution in [0.25, 0.3) is 5.70 Å². The number of anilines is 1. The molecule has 32 heavy (non-hydrogen) atoms. The van der Waals surface area contributed by atoms with E-state index in [4.69, 9.17) is 4.74 Å². The molecular formula is C29H25NO2. The van der Waals surface area contributed by atoms with Crippen LogP contribution in [0.3, 0.4) is 0 Å². The van der Waals surface area contributed by atoms with E-state index in [1.54, 1.807) is 6.08 Å². The highest BCUT2D eigenvalue weighted by Gasteiger charge is 2.12. The van der Waals surface area contributed by atoms with Crippen molar-refractivity contribution in [3.63, 3.8) is 0 Å². The largest absolute Gasteiger partial charge is 0.455 e. The van der Waals surface area contributed by atoms with Gasteiger partial charge in [0.2, 0.25) is 0 Å². The fourth-order valence-electron chi connectivity index (χ4n) is 3.50. The number of allylic oxidation sites excluding steroid dienone is 1. The Balaban J connectivity index is 1.71. The second-order valence-corrected chi connectivity index (χ2v) is 7.60. The highest BCUT2D eigenvalue weighted by Crippen LogP contribution is 2.35. The summed E-state index contributed by atoms with van der Waals surface area (Å²) in [6.45, 7) is 4.07. The molecule has 0 spiro atoms. The van der Waals surface area contributed by atoms with Crippen LogP contribution >= 0.6 is 0 Å². The standard InChI is InChI=1S/C29H25NO2/c1-21-12-11-13-22(2)29(21)32-28-19-10-9-18-25(28)30-26(23-14-5-3-6-15-23)20-27(31)24-16-7-4-8-17-24/h3-20,30H,1-2H3/b26-20+. The van der Waals surface area contributed by atoms with Crippen LogP contribution in [0.4, 0.5) is 5.69 Å². The SMILES string of the molecule is Cc1cccc(C)c1Oc1ccccc1N/C(=C/C(=O)c1ccccc1)c1ccccc1. The van der Waals surface area contributed by atoms with Crippen LogP contribution in [-0.2, 0) is 0 Å². The molecule has 0 aliphatic carbocycles. The minimum absolute atomic E-state index is 0.0647. The van der Waals surface area contributed by atoms with Crippen LogP contribution in [-0.4, -0.2) is 5.78 Å². The number of aryl methyl sites for hydroxylation is 2. The molecule has 4 aromatic carbocycles. The van der Waals surface area contributed by atoms with E-state index in [0.717, 1.165) is 28.1 Å². The number of benzene rings is 4. The van der Waals surface area contributed by atoms with Crippen LogP contribution in [0.2, 0.25) is 0 Å². The van der Waals surface area contributed by atoms with Crippen LogP contribution in [0.15, 0.2) is 109 Å². The zero-order chi connectivity index (χ0) is 22.3. The first-order chi connectivity index (χ1) is 15.6. The number of nitrogens with one attached hydrogen (secondary N) is 1. The van der Waals surface area contributed by atoms with Gasteiger partial charge in [-0.1, -0.05) is 91.0 Å². The topological polar surface area (TPSA) is 38.3 Å². The summed E-state index contributed by atoms with van der Waals surface area (Å²) < 4.78 is 6.32. The second kappa shape index (κ2) is 9.80. The lowest BCUT2D eigenvalue weighted by Crippen LogP contribution is -2.05. The van der Waals surface area contributed by atoms with Crippen molar-refractivity contribution >= 4 is 17.2 Å². The Bertz CT molecular complexity index is 1220. The maximum Gasteiger partial charge on any atom is 0.187 e. The lowest BCUT2D eigenvalue weighted by molar-refractivity contribution is 0.104. The third-order valence-corrected chi connectivity index (χ3v) is 5.20. The Morgan fingerprint density at radius 2 is 1.25 bits per heavy atom.